The van der Waals surface area contributed by atoms with E-state index in [9.17, 15) is 18.0 Å². The Hall–Kier alpha value is -2.90. The SMILES string of the molecule is CC(C(=O)Nc1ccccc1C(F)(F)F)N1CCN(Cc2cccc3ccccc23)CC1. The number of carbonyl (C=O) groups excluding carboxylic acids is 1. The summed E-state index contributed by atoms with van der Waals surface area (Å²) in [5.41, 5.74) is 0.234. The van der Waals surface area contributed by atoms with Gasteiger partial charge in [-0.15, -0.1) is 0 Å². The number of rotatable bonds is 5. The number of alkyl halides is 3. The van der Waals surface area contributed by atoms with Crippen LogP contribution in [0.5, 0.6) is 0 Å². The van der Waals surface area contributed by atoms with Crippen LogP contribution < -0.4 is 5.32 Å². The molecule has 1 atom stereocenters. The van der Waals surface area contributed by atoms with Crippen LogP contribution in [0.15, 0.2) is 66.7 Å². The van der Waals surface area contributed by atoms with E-state index in [4.69, 9.17) is 0 Å². The predicted molar refractivity (Wildman–Crippen MR) is 120 cm³/mol. The number of fused-ring (bicyclic) bond motifs is 1. The Morgan fingerprint density at radius 3 is 2.34 bits per heavy atom. The average Bonchev–Trinajstić information content (AvgIpc) is 2.79. The summed E-state index contributed by atoms with van der Waals surface area (Å²) in [5, 5.41) is 4.93. The largest absolute Gasteiger partial charge is 0.418 e. The lowest BCUT2D eigenvalue weighted by atomic mass is 10.0. The minimum Gasteiger partial charge on any atom is -0.324 e. The molecule has 3 aromatic rings. The molecule has 168 valence electrons. The molecule has 1 amide bonds. The third kappa shape index (κ3) is 4.95. The summed E-state index contributed by atoms with van der Waals surface area (Å²) in [6.45, 7) is 5.52. The number of nitrogens with zero attached hydrogens (tertiary/aromatic N) is 2. The Balaban J connectivity index is 1.35. The molecule has 0 aliphatic carbocycles. The summed E-state index contributed by atoms with van der Waals surface area (Å²) in [5.74, 6) is -0.427. The topological polar surface area (TPSA) is 35.6 Å². The van der Waals surface area contributed by atoms with Crippen molar-refractivity contribution in [2.45, 2.75) is 25.7 Å². The lowest BCUT2D eigenvalue weighted by molar-refractivity contribution is -0.137. The van der Waals surface area contributed by atoms with E-state index in [2.05, 4.69) is 40.5 Å². The van der Waals surface area contributed by atoms with E-state index < -0.39 is 23.7 Å². The number of hydrogen-bond acceptors (Lipinski definition) is 3. The van der Waals surface area contributed by atoms with Crippen LogP contribution in [-0.4, -0.2) is 47.9 Å². The molecule has 3 aromatic carbocycles. The van der Waals surface area contributed by atoms with E-state index >= 15 is 0 Å². The number of hydrogen-bond donors (Lipinski definition) is 1. The van der Waals surface area contributed by atoms with Crippen molar-refractivity contribution in [3.63, 3.8) is 0 Å². The first-order chi connectivity index (χ1) is 15.3. The molecule has 7 heteroatoms. The maximum Gasteiger partial charge on any atom is 0.418 e. The number of piperazine rings is 1. The highest BCUT2D eigenvalue weighted by molar-refractivity contribution is 5.95. The van der Waals surface area contributed by atoms with Gasteiger partial charge in [-0.1, -0.05) is 54.6 Å². The second-order valence-corrected chi connectivity index (χ2v) is 8.16. The molecule has 1 aliphatic rings. The van der Waals surface area contributed by atoms with Gasteiger partial charge in [0, 0.05) is 32.7 Å². The zero-order valence-corrected chi connectivity index (χ0v) is 17.9. The Bertz CT molecular complexity index is 1090. The normalized spacial score (nSPS) is 16.8. The van der Waals surface area contributed by atoms with E-state index in [1.807, 2.05) is 17.0 Å². The first kappa shape index (κ1) is 22.3. The summed E-state index contributed by atoms with van der Waals surface area (Å²) in [6.07, 6.45) is -4.51. The Labute approximate surface area is 185 Å². The van der Waals surface area contributed by atoms with Gasteiger partial charge in [0.2, 0.25) is 5.91 Å². The van der Waals surface area contributed by atoms with E-state index in [-0.39, 0.29) is 5.69 Å². The van der Waals surface area contributed by atoms with Gasteiger partial charge in [0.25, 0.3) is 0 Å². The third-order valence-electron chi connectivity index (χ3n) is 6.10. The van der Waals surface area contributed by atoms with E-state index in [0.29, 0.717) is 13.1 Å². The molecular weight excluding hydrogens is 415 g/mol. The van der Waals surface area contributed by atoms with E-state index in [1.165, 1.54) is 34.5 Å². The quantitative estimate of drug-likeness (QED) is 0.605. The van der Waals surface area contributed by atoms with Crippen LogP contribution in [-0.2, 0) is 17.5 Å². The highest BCUT2D eigenvalue weighted by Gasteiger charge is 2.34. The molecule has 1 N–H and O–H groups in total. The Kier molecular flexibility index (Phi) is 6.48. The van der Waals surface area contributed by atoms with Crippen molar-refractivity contribution in [2.75, 3.05) is 31.5 Å². The maximum atomic E-state index is 13.2. The minimum absolute atomic E-state index is 0.202. The lowest BCUT2D eigenvalue weighted by Gasteiger charge is -2.37. The van der Waals surface area contributed by atoms with Gasteiger partial charge in [0.05, 0.1) is 17.3 Å². The molecule has 0 spiro atoms. The van der Waals surface area contributed by atoms with E-state index in [1.54, 1.807) is 6.92 Å². The highest BCUT2D eigenvalue weighted by Crippen LogP contribution is 2.34. The highest BCUT2D eigenvalue weighted by atomic mass is 19.4. The van der Waals surface area contributed by atoms with Crippen LogP contribution in [0.4, 0.5) is 18.9 Å². The summed E-state index contributed by atoms with van der Waals surface area (Å²) in [4.78, 5) is 17.0. The van der Waals surface area contributed by atoms with Crippen LogP contribution in [0.2, 0.25) is 0 Å². The second kappa shape index (κ2) is 9.30. The molecule has 1 heterocycles. The zero-order valence-electron chi connectivity index (χ0n) is 17.9. The molecule has 4 rings (SSSR count). The summed E-state index contributed by atoms with van der Waals surface area (Å²) in [7, 11) is 0. The Morgan fingerprint density at radius 1 is 0.938 bits per heavy atom. The molecule has 1 saturated heterocycles. The van der Waals surface area contributed by atoms with Crippen LogP contribution in [0.3, 0.4) is 0 Å². The first-order valence-electron chi connectivity index (χ1n) is 10.7. The van der Waals surface area contributed by atoms with Gasteiger partial charge in [-0.05, 0) is 35.4 Å². The number of halogens is 3. The summed E-state index contributed by atoms with van der Waals surface area (Å²) < 4.78 is 39.6. The molecule has 4 nitrogen and oxygen atoms in total. The van der Waals surface area contributed by atoms with Gasteiger partial charge in [0.1, 0.15) is 0 Å². The van der Waals surface area contributed by atoms with Gasteiger partial charge in [-0.3, -0.25) is 14.6 Å². The molecular formula is C25H26F3N3O. The molecule has 0 radical (unpaired) electrons. The standard InChI is InChI=1S/C25H26F3N3O/c1-18(24(32)29-23-12-5-4-11-22(23)25(26,27)28)31-15-13-30(14-16-31)17-20-9-6-8-19-7-2-3-10-21(19)20/h2-12,18H,13-17H2,1H3,(H,29,32). The fourth-order valence-electron chi connectivity index (χ4n) is 4.22. The van der Waals surface area contributed by atoms with Gasteiger partial charge < -0.3 is 5.32 Å². The van der Waals surface area contributed by atoms with Gasteiger partial charge >= 0.3 is 6.18 Å². The fraction of sp³-hybridized carbons (Fsp3) is 0.320. The second-order valence-electron chi connectivity index (χ2n) is 8.16. The number of nitrogens with one attached hydrogen (secondary N) is 1. The van der Waals surface area contributed by atoms with Gasteiger partial charge in [0.15, 0.2) is 0 Å². The molecule has 1 aliphatic heterocycles. The smallest absolute Gasteiger partial charge is 0.324 e. The summed E-state index contributed by atoms with van der Waals surface area (Å²) in [6, 6.07) is 19.2. The molecule has 32 heavy (non-hydrogen) atoms. The zero-order chi connectivity index (χ0) is 22.7. The molecule has 1 unspecified atom stereocenters. The molecule has 0 bridgehead atoms. The number of amides is 1. The maximum absolute atomic E-state index is 13.2. The molecule has 0 aromatic heterocycles. The lowest BCUT2D eigenvalue weighted by Crippen LogP contribution is -2.52. The third-order valence-corrected chi connectivity index (χ3v) is 6.10. The van der Waals surface area contributed by atoms with Gasteiger partial charge in [-0.25, -0.2) is 0 Å². The van der Waals surface area contributed by atoms with Crippen molar-refractivity contribution in [3.8, 4) is 0 Å². The van der Waals surface area contributed by atoms with Crippen LogP contribution in [0.1, 0.15) is 18.1 Å². The number of para-hydroxylation sites is 1. The number of benzene rings is 3. The van der Waals surface area contributed by atoms with Crippen LogP contribution >= 0.6 is 0 Å². The monoisotopic (exact) mass is 441 g/mol. The fourth-order valence-corrected chi connectivity index (χ4v) is 4.22. The predicted octanol–water partition coefficient (Wildman–Crippen LogP) is 5.00. The van der Waals surface area contributed by atoms with E-state index in [0.717, 1.165) is 25.7 Å². The van der Waals surface area contributed by atoms with Crippen molar-refractivity contribution in [1.29, 1.82) is 0 Å². The molecule has 0 saturated carbocycles. The minimum atomic E-state index is -4.51. The van der Waals surface area contributed by atoms with Crippen molar-refractivity contribution in [3.05, 3.63) is 77.9 Å². The first-order valence-corrected chi connectivity index (χ1v) is 10.7. The van der Waals surface area contributed by atoms with Gasteiger partial charge in [-0.2, -0.15) is 13.2 Å². The number of anilines is 1. The van der Waals surface area contributed by atoms with Crippen molar-refractivity contribution in [1.82, 2.24) is 9.80 Å². The Morgan fingerprint density at radius 2 is 1.59 bits per heavy atom. The molecule has 1 fully saturated rings. The van der Waals surface area contributed by atoms with Crippen LogP contribution in [0.25, 0.3) is 10.8 Å². The van der Waals surface area contributed by atoms with Crippen molar-refractivity contribution in [2.24, 2.45) is 0 Å². The average molecular weight is 441 g/mol. The number of carbonyl (C=O) groups is 1. The van der Waals surface area contributed by atoms with Crippen molar-refractivity contribution < 1.29 is 18.0 Å². The van der Waals surface area contributed by atoms with Crippen molar-refractivity contribution >= 4 is 22.4 Å². The van der Waals surface area contributed by atoms with Crippen LogP contribution in [0, 0.1) is 0 Å². The summed E-state index contributed by atoms with van der Waals surface area (Å²) >= 11 is 0.